The van der Waals surface area contributed by atoms with Crippen LogP contribution < -0.4 is 10.6 Å². The largest absolute Gasteiger partial charge is 0.356 e. The highest BCUT2D eigenvalue weighted by atomic mass is 127. The minimum absolute atomic E-state index is 0. The SMILES string of the molecule is CN=C(NCCCn1cccn1)NCC1(N2CCSCC2)CCCC1.I. The van der Waals surface area contributed by atoms with E-state index >= 15 is 0 Å². The Hall–Kier alpha value is -0.480. The molecule has 0 spiro atoms. The van der Waals surface area contributed by atoms with Gasteiger partial charge >= 0.3 is 0 Å². The van der Waals surface area contributed by atoms with Crippen molar-refractivity contribution in [3.63, 3.8) is 0 Å². The number of nitrogens with zero attached hydrogens (tertiary/aromatic N) is 4. The molecule has 2 fully saturated rings. The lowest BCUT2D eigenvalue weighted by Gasteiger charge is -2.43. The maximum Gasteiger partial charge on any atom is 0.191 e. The maximum atomic E-state index is 4.41. The number of aryl methyl sites for hydroxylation is 1. The molecule has 3 rings (SSSR count). The van der Waals surface area contributed by atoms with Gasteiger partial charge in [-0.1, -0.05) is 12.8 Å². The first-order valence-electron chi connectivity index (χ1n) is 9.57. The summed E-state index contributed by atoms with van der Waals surface area (Å²) in [5.41, 5.74) is 0.341. The Morgan fingerprint density at radius 1 is 1.23 bits per heavy atom. The third kappa shape index (κ3) is 6.02. The molecule has 1 aromatic heterocycles. The molecule has 0 aromatic carbocycles. The molecule has 6 nitrogen and oxygen atoms in total. The zero-order chi connectivity index (χ0) is 17.4. The van der Waals surface area contributed by atoms with Gasteiger partial charge < -0.3 is 10.6 Å². The summed E-state index contributed by atoms with van der Waals surface area (Å²) in [5, 5.41) is 11.3. The van der Waals surface area contributed by atoms with Gasteiger partial charge in [0.2, 0.25) is 0 Å². The number of thioether (sulfide) groups is 1. The lowest BCUT2D eigenvalue weighted by molar-refractivity contribution is 0.107. The molecule has 1 saturated carbocycles. The smallest absolute Gasteiger partial charge is 0.191 e. The Morgan fingerprint density at radius 2 is 2.00 bits per heavy atom. The van der Waals surface area contributed by atoms with Gasteiger partial charge in [-0.3, -0.25) is 14.6 Å². The number of aliphatic imine (C=N–C) groups is 1. The van der Waals surface area contributed by atoms with E-state index in [-0.39, 0.29) is 24.0 Å². The van der Waals surface area contributed by atoms with Gasteiger partial charge in [-0.25, -0.2) is 0 Å². The average Bonchev–Trinajstić information content (AvgIpc) is 3.34. The molecule has 2 aliphatic rings. The summed E-state index contributed by atoms with van der Waals surface area (Å²) in [6.45, 7) is 5.33. The standard InChI is InChI=1S/C18H32N6S.HI/c1-19-17(20-8-4-10-24-11-5-9-22-24)21-16-18(6-2-3-7-18)23-12-14-25-15-13-23;/h5,9,11H,2-4,6-8,10,12-16H2,1H3,(H2,19,20,21);1H. The van der Waals surface area contributed by atoms with Crippen molar-refractivity contribution in [2.75, 3.05) is 44.7 Å². The van der Waals surface area contributed by atoms with E-state index in [1.165, 1.54) is 50.3 Å². The van der Waals surface area contributed by atoms with Crippen LogP contribution in [0.3, 0.4) is 0 Å². The van der Waals surface area contributed by atoms with E-state index < -0.39 is 0 Å². The van der Waals surface area contributed by atoms with E-state index in [9.17, 15) is 0 Å². The van der Waals surface area contributed by atoms with Gasteiger partial charge in [-0.2, -0.15) is 16.9 Å². The van der Waals surface area contributed by atoms with Crippen LogP contribution in [0.25, 0.3) is 0 Å². The minimum Gasteiger partial charge on any atom is -0.356 e. The van der Waals surface area contributed by atoms with Crippen molar-refractivity contribution < 1.29 is 0 Å². The van der Waals surface area contributed by atoms with Crippen molar-refractivity contribution in [2.24, 2.45) is 4.99 Å². The second-order valence-corrected chi connectivity index (χ2v) is 8.23. The molecule has 26 heavy (non-hydrogen) atoms. The molecule has 0 bridgehead atoms. The molecular weight excluding hydrogens is 459 g/mol. The number of guanidine groups is 1. The first-order valence-corrected chi connectivity index (χ1v) is 10.7. The second kappa shape index (κ2) is 11.4. The first-order chi connectivity index (χ1) is 12.3. The molecule has 2 N–H and O–H groups in total. The van der Waals surface area contributed by atoms with E-state index in [2.05, 4.69) is 37.4 Å². The monoisotopic (exact) mass is 492 g/mol. The van der Waals surface area contributed by atoms with Gasteiger partial charge in [0, 0.05) is 69.2 Å². The quantitative estimate of drug-likeness (QED) is 0.265. The lowest BCUT2D eigenvalue weighted by Crippen LogP contribution is -2.57. The van der Waals surface area contributed by atoms with Crippen LogP contribution in [0.4, 0.5) is 0 Å². The van der Waals surface area contributed by atoms with E-state index in [0.717, 1.165) is 32.0 Å². The summed E-state index contributed by atoms with van der Waals surface area (Å²) in [4.78, 5) is 7.15. The lowest BCUT2D eigenvalue weighted by atomic mass is 9.94. The van der Waals surface area contributed by atoms with Gasteiger partial charge in [-0.15, -0.1) is 24.0 Å². The highest BCUT2D eigenvalue weighted by molar-refractivity contribution is 14.0. The van der Waals surface area contributed by atoms with Crippen LogP contribution >= 0.6 is 35.7 Å². The summed E-state index contributed by atoms with van der Waals surface area (Å²) >= 11 is 2.09. The van der Waals surface area contributed by atoms with Crippen LogP contribution in [0.1, 0.15) is 32.1 Å². The number of halogens is 1. The Kier molecular flexibility index (Phi) is 9.55. The zero-order valence-corrected chi connectivity index (χ0v) is 19.0. The van der Waals surface area contributed by atoms with Crippen LogP contribution in [0.2, 0.25) is 0 Å². The Bertz CT molecular complexity index is 524. The van der Waals surface area contributed by atoms with Crippen LogP contribution in [-0.4, -0.2) is 70.9 Å². The summed E-state index contributed by atoms with van der Waals surface area (Å²) in [6, 6.07) is 1.97. The van der Waals surface area contributed by atoms with E-state index in [1.54, 1.807) is 0 Å². The Balaban J connectivity index is 0.00000243. The third-order valence-corrected chi connectivity index (χ3v) is 6.38. The normalized spacial score (nSPS) is 20.6. The molecule has 2 heterocycles. The number of rotatable bonds is 7. The molecule has 148 valence electrons. The fourth-order valence-electron chi connectivity index (χ4n) is 4.03. The van der Waals surface area contributed by atoms with E-state index in [4.69, 9.17) is 0 Å². The summed E-state index contributed by atoms with van der Waals surface area (Å²) in [5.74, 6) is 3.49. The first kappa shape index (κ1) is 21.8. The molecule has 1 aliphatic heterocycles. The molecule has 1 aromatic rings. The molecule has 8 heteroatoms. The fourth-order valence-corrected chi connectivity index (χ4v) is 4.93. The van der Waals surface area contributed by atoms with Crippen LogP contribution in [0.15, 0.2) is 23.5 Å². The average molecular weight is 492 g/mol. The number of hydrogen-bond donors (Lipinski definition) is 2. The van der Waals surface area contributed by atoms with Gasteiger partial charge in [0.25, 0.3) is 0 Å². The fraction of sp³-hybridized carbons (Fsp3) is 0.778. The van der Waals surface area contributed by atoms with Crippen LogP contribution in [0.5, 0.6) is 0 Å². The number of nitrogens with one attached hydrogen (secondary N) is 2. The van der Waals surface area contributed by atoms with Crippen molar-refractivity contribution in [3.8, 4) is 0 Å². The summed E-state index contributed by atoms with van der Waals surface area (Å²) < 4.78 is 1.97. The van der Waals surface area contributed by atoms with Crippen LogP contribution in [0, 0.1) is 0 Å². The zero-order valence-electron chi connectivity index (χ0n) is 15.8. The third-order valence-electron chi connectivity index (χ3n) is 5.44. The molecule has 0 atom stereocenters. The summed E-state index contributed by atoms with van der Waals surface area (Å²) in [6.07, 6.45) is 10.2. The van der Waals surface area contributed by atoms with Gasteiger partial charge in [0.05, 0.1) is 0 Å². The molecule has 1 saturated heterocycles. The minimum atomic E-state index is 0. The number of aromatic nitrogens is 2. The molecule has 0 unspecified atom stereocenters. The van der Waals surface area contributed by atoms with Crippen molar-refractivity contribution in [1.82, 2.24) is 25.3 Å². The van der Waals surface area contributed by atoms with Crippen molar-refractivity contribution in [2.45, 2.75) is 44.2 Å². The van der Waals surface area contributed by atoms with Gasteiger partial charge in [0.1, 0.15) is 0 Å². The van der Waals surface area contributed by atoms with E-state index in [0.29, 0.717) is 5.54 Å². The predicted molar refractivity (Wildman–Crippen MR) is 122 cm³/mol. The Labute approximate surface area is 179 Å². The summed E-state index contributed by atoms with van der Waals surface area (Å²) in [7, 11) is 1.86. The molecule has 0 amide bonds. The molecule has 0 radical (unpaired) electrons. The van der Waals surface area contributed by atoms with Crippen molar-refractivity contribution >= 4 is 41.7 Å². The number of hydrogen-bond acceptors (Lipinski definition) is 4. The molecule has 1 aliphatic carbocycles. The van der Waals surface area contributed by atoms with Crippen molar-refractivity contribution in [3.05, 3.63) is 18.5 Å². The highest BCUT2D eigenvalue weighted by Gasteiger charge is 2.39. The van der Waals surface area contributed by atoms with Crippen molar-refractivity contribution in [1.29, 1.82) is 0 Å². The van der Waals surface area contributed by atoms with E-state index in [1.807, 2.05) is 30.2 Å². The van der Waals surface area contributed by atoms with Crippen LogP contribution in [-0.2, 0) is 6.54 Å². The maximum absolute atomic E-state index is 4.41. The van der Waals surface area contributed by atoms with Gasteiger partial charge in [0.15, 0.2) is 5.96 Å². The topological polar surface area (TPSA) is 57.5 Å². The Morgan fingerprint density at radius 3 is 2.65 bits per heavy atom. The molecular formula is C18H33IN6S. The second-order valence-electron chi connectivity index (χ2n) is 7.01. The van der Waals surface area contributed by atoms with Gasteiger partial charge in [-0.05, 0) is 25.3 Å². The predicted octanol–water partition coefficient (Wildman–Crippen LogP) is 2.42. The highest BCUT2D eigenvalue weighted by Crippen LogP contribution is 2.36.